The summed E-state index contributed by atoms with van der Waals surface area (Å²) in [5, 5.41) is 0. The van der Waals surface area contributed by atoms with Gasteiger partial charge in [-0.25, -0.2) is 0 Å². The van der Waals surface area contributed by atoms with E-state index in [2.05, 4.69) is 4.90 Å². The van der Waals surface area contributed by atoms with Crippen molar-refractivity contribution in [2.24, 2.45) is 0 Å². The van der Waals surface area contributed by atoms with Crippen LogP contribution in [0.1, 0.15) is 29.6 Å². The number of ether oxygens (including phenoxy) is 1. The first-order valence-corrected chi connectivity index (χ1v) is 7.53. The maximum Gasteiger partial charge on any atom is 0.265 e. The van der Waals surface area contributed by atoms with E-state index in [-0.39, 0.29) is 12.5 Å². The second kappa shape index (κ2) is 6.26. The molecule has 5 heteroatoms. The SMILES string of the molecule is O=Cc1ccc2c(c1)N(CCN1CCCCC1)C(=O)CO2. The highest BCUT2D eigenvalue weighted by Crippen LogP contribution is 2.32. The lowest BCUT2D eigenvalue weighted by Crippen LogP contribution is -2.44. The molecule has 3 rings (SSSR count). The van der Waals surface area contributed by atoms with E-state index < -0.39 is 0 Å². The minimum Gasteiger partial charge on any atom is -0.482 e. The largest absolute Gasteiger partial charge is 0.482 e. The molecule has 2 aliphatic heterocycles. The molecule has 1 fully saturated rings. The van der Waals surface area contributed by atoms with Crippen molar-refractivity contribution in [1.29, 1.82) is 0 Å². The number of likely N-dealkylation sites (tertiary alicyclic amines) is 1. The van der Waals surface area contributed by atoms with Crippen LogP contribution in [0, 0.1) is 0 Å². The molecule has 1 aromatic rings. The molecule has 0 N–H and O–H groups in total. The third kappa shape index (κ3) is 3.08. The molecule has 5 nitrogen and oxygen atoms in total. The summed E-state index contributed by atoms with van der Waals surface area (Å²) in [5.74, 6) is 0.640. The third-order valence-corrected chi connectivity index (χ3v) is 4.15. The Morgan fingerprint density at radius 2 is 1.95 bits per heavy atom. The molecule has 1 amide bonds. The highest BCUT2D eigenvalue weighted by molar-refractivity contribution is 5.98. The minimum absolute atomic E-state index is 0.0393. The summed E-state index contributed by atoms with van der Waals surface area (Å²) >= 11 is 0. The van der Waals surface area contributed by atoms with Crippen molar-refractivity contribution < 1.29 is 14.3 Å². The van der Waals surface area contributed by atoms with Crippen LogP contribution in [-0.4, -0.2) is 49.9 Å². The number of fused-ring (bicyclic) bond motifs is 1. The van der Waals surface area contributed by atoms with Crippen molar-refractivity contribution >= 4 is 17.9 Å². The van der Waals surface area contributed by atoms with Crippen molar-refractivity contribution in [3.8, 4) is 5.75 Å². The average Bonchev–Trinajstić information content (AvgIpc) is 2.54. The number of carbonyl (C=O) groups is 2. The van der Waals surface area contributed by atoms with Crippen molar-refractivity contribution in [2.45, 2.75) is 19.3 Å². The van der Waals surface area contributed by atoms with Gasteiger partial charge in [-0.3, -0.25) is 9.59 Å². The van der Waals surface area contributed by atoms with E-state index in [0.29, 0.717) is 23.5 Å². The van der Waals surface area contributed by atoms with Gasteiger partial charge in [0.2, 0.25) is 0 Å². The molecular weight excluding hydrogens is 268 g/mol. The number of carbonyl (C=O) groups excluding carboxylic acids is 2. The lowest BCUT2D eigenvalue weighted by Gasteiger charge is -2.33. The van der Waals surface area contributed by atoms with Crippen LogP contribution in [-0.2, 0) is 4.79 Å². The number of hydrogen-bond acceptors (Lipinski definition) is 4. The summed E-state index contributed by atoms with van der Waals surface area (Å²) in [5.41, 5.74) is 1.28. The highest BCUT2D eigenvalue weighted by Gasteiger charge is 2.26. The second-order valence-electron chi connectivity index (χ2n) is 5.58. The summed E-state index contributed by atoms with van der Waals surface area (Å²) < 4.78 is 5.44. The van der Waals surface area contributed by atoms with Crippen LogP contribution in [0.5, 0.6) is 5.75 Å². The molecule has 21 heavy (non-hydrogen) atoms. The van der Waals surface area contributed by atoms with Crippen LogP contribution < -0.4 is 9.64 Å². The van der Waals surface area contributed by atoms with E-state index in [1.807, 2.05) is 0 Å². The number of nitrogens with zero attached hydrogens (tertiary/aromatic N) is 2. The topological polar surface area (TPSA) is 49.9 Å². The zero-order chi connectivity index (χ0) is 14.7. The molecule has 2 heterocycles. The normalized spacial score (nSPS) is 19.0. The molecule has 0 aliphatic carbocycles. The summed E-state index contributed by atoms with van der Waals surface area (Å²) in [6.45, 7) is 3.82. The van der Waals surface area contributed by atoms with Gasteiger partial charge in [-0.15, -0.1) is 0 Å². The van der Waals surface area contributed by atoms with Crippen LogP contribution in [0.15, 0.2) is 18.2 Å². The van der Waals surface area contributed by atoms with E-state index in [1.54, 1.807) is 23.1 Å². The summed E-state index contributed by atoms with van der Waals surface area (Å²) in [6.07, 6.45) is 4.58. The molecule has 2 aliphatic rings. The van der Waals surface area contributed by atoms with Crippen molar-refractivity contribution in [3.63, 3.8) is 0 Å². The smallest absolute Gasteiger partial charge is 0.265 e. The average molecular weight is 288 g/mol. The highest BCUT2D eigenvalue weighted by atomic mass is 16.5. The number of anilines is 1. The Kier molecular flexibility index (Phi) is 4.20. The van der Waals surface area contributed by atoms with Gasteiger partial charge < -0.3 is 14.5 Å². The first-order chi connectivity index (χ1) is 10.3. The molecule has 112 valence electrons. The van der Waals surface area contributed by atoms with E-state index in [0.717, 1.165) is 25.9 Å². The van der Waals surface area contributed by atoms with Crippen molar-refractivity contribution in [3.05, 3.63) is 23.8 Å². The Labute approximate surface area is 124 Å². The zero-order valence-electron chi connectivity index (χ0n) is 12.1. The Balaban J connectivity index is 1.74. The molecule has 0 bridgehead atoms. The molecular formula is C16H20N2O3. The molecule has 0 aromatic heterocycles. The van der Waals surface area contributed by atoms with E-state index in [9.17, 15) is 9.59 Å². The van der Waals surface area contributed by atoms with E-state index >= 15 is 0 Å². The molecule has 0 atom stereocenters. The van der Waals surface area contributed by atoms with Gasteiger partial charge in [0.15, 0.2) is 6.61 Å². The quantitative estimate of drug-likeness (QED) is 0.791. The molecule has 0 radical (unpaired) electrons. The zero-order valence-corrected chi connectivity index (χ0v) is 12.1. The number of amides is 1. The maximum absolute atomic E-state index is 12.1. The number of benzene rings is 1. The van der Waals surface area contributed by atoms with Crippen LogP contribution >= 0.6 is 0 Å². The minimum atomic E-state index is -0.0393. The van der Waals surface area contributed by atoms with Gasteiger partial charge in [0.25, 0.3) is 5.91 Å². The molecule has 0 saturated carbocycles. The second-order valence-corrected chi connectivity index (χ2v) is 5.58. The number of rotatable bonds is 4. The van der Waals surface area contributed by atoms with Gasteiger partial charge in [-0.2, -0.15) is 0 Å². The van der Waals surface area contributed by atoms with Crippen LogP contribution in [0.3, 0.4) is 0 Å². The fourth-order valence-corrected chi connectivity index (χ4v) is 2.96. The van der Waals surface area contributed by atoms with Gasteiger partial charge >= 0.3 is 0 Å². The monoisotopic (exact) mass is 288 g/mol. The third-order valence-electron chi connectivity index (χ3n) is 4.15. The van der Waals surface area contributed by atoms with Crippen LogP contribution in [0.4, 0.5) is 5.69 Å². The van der Waals surface area contributed by atoms with Gasteiger partial charge in [-0.1, -0.05) is 6.42 Å². The van der Waals surface area contributed by atoms with Gasteiger partial charge in [0, 0.05) is 18.7 Å². The Bertz CT molecular complexity index is 538. The fourth-order valence-electron chi connectivity index (χ4n) is 2.96. The first kappa shape index (κ1) is 14.1. The van der Waals surface area contributed by atoms with Crippen molar-refractivity contribution in [1.82, 2.24) is 4.90 Å². The molecule has 1 saturated heterocycles. The van der Waals surface area contributed by atoms with Crippen LogP contribution in [0.2, 0.25) is 0 Å². The fraction of sp³-hybridized carbons (Fsp3) is 0.500. The van der Waals surface area contributed by atoms with Crippen LogP contribution in [0.25, 0.3) is 0 Å². The number of hydrogen-bond donors (Lipinski definition) is 0. The number of aldehydes is 1. The van der Waals surface area contributed by atoms with Gasteiger partial charge in [0.1, 0.15) is 12.0 Å². The lowest BCUT2D eigenvalue weighted by molar-refractivity contribution is -0.121. The molecule has 0 spiro atoms. The maximum atomic E-state index is 12.1. The van der Waals surface area contributed by atoms with Gasteiger partial charge in [-0.05, 0) is 44.1 Å². The Morgan fingerprint density at radius 3 is 2.71 bits per heavy atom. The van der Waals surface area contributed by atoms with Crippen molar-refractivity contribution in [2.75, 3.05) is 37.7 Å². The summed E-state index contributed by atoms with van der Waals surface area (Å²) in [4.78, 5) is 27.2. The summed E-state index contributed by atoms with van der Waals surface area (Å²) in [6, 6.07) is 5.21. The Morgan fingerprint density at radius 1 is 1.14 bits per heavy atom. The first-order valence-electron chi connectivity index (χ1n) is 7.53. The standard InChI is InChI=1S/C16H20N2O3/c19-11-13-4-5-15-14(10-13)18(16(20)12-21-15)9-8-17-6-2-1-3-7-17/h4-5,10-11H,1-3,6-9,12H2. The molecule has 0 unspecified atom stereocenters. The number of piperidine rings is 1. The summed E-state index contributed by atoms with van der Waals surface area (Å²) in [7, 11) is 0. The molecule has 1 aromatic carbocycles. The predicted molar refractivity (Wildman–Crippen MR) is 80.0 cm³/mol. The van der Waals surface area contributed by atoms with E-state index in [1.165, 1.54) is 19.3 Å². The predicted octanol–water partition coefficient (Wildman–Crippen LogP) is 1.71. The van der Waals surface area contributed by atoms with Gasteiger partial charge in [0.05, 0.1) is 5.69 Å². The van der Waals surface area contributed by atoms with E-state index in [4.69, 9.17) is 4.74 Å². The Hall–Kier alpha value is -1.88. The lowest BCUT2D eigenvalue weighted by atomic mass is 10.1.